The molecule has 0 spiro atoms. The van der Waals surface area contributed by atoms with E-state index in [2.05, 4.69) is 32.5 Å². The molecule has 10 heteroatoms. The summed E-state index contributed by atoms with van der Waals surface area (Å²) in [5.41, 5.74) is 11.3. The Morgan fingerprint density at radius 2 is 2.00 bits per heavy atom. The fourth-order valence-corrected chi connectivity index (χ4v) is 4.80. The van der Waals surface area contributed by atoms with Gasteiger partial charge in [0.2, 0.25) is 0 Å². The molecule has 1 aromatic heterocycles. The average Bonchev–Trinajstić information content (AvgIpc) is 2.91. The fourth-order valence-electron chi connectivity index (χ4n) is 4.62. The molecule has 200 valence electrons. The zero-order chi connectivity index (χ0) is 27.2. The highest BCUT2D eigenvalue weighted by Gasteiger charge is 2.21. The van der Waals surface area contributed by atoms with E-state index in [1.54, 1.807) is 17.2 Å². The molecule has 1 unspecified atom stereocenters. The molecule has 4 rings (SSSR count). The van der Waals surface area contributed by atoms with Gasteiger partial charge in [0.15, 0.2) is 0 Å². The van der Waals surface area contributed by atoms with Crippen LogP contribution in [0.25, 0.3) is 10.9 Å². The molecule has 7 N–H and O–H groups in total. The van der Waals surface area contributed by atoms with Gasteiger partial charge in [0.05, 0.1) is 22.3 Å². The van der Waals surface area contributed by atoms with Crippen molar-refractivity contribution in [2.75, 3.05) is 23.7 Å². The van der Waals surface area contributed by atoms with E-state index in [-0.39, 0.29) is 17.1 Å². The van der Waals surface area contributed by atoms with Crippen molar-refractivity contribution in [2.45, 2.75) is 38.8 Å². The molecule has 2 aromatic carbocycles. The zero-order valence-electron chi connectivity index (χ0n) is 21.6. The number of piperidine rings is 1. The highest BCUT2D eigenvalue weighted by atomic mass is 35.5. The van der Waals surface area contributed by atoms with Gasteiger partial charge in [-0.1, -0.05) is 30.3 Å². The number of rotatable bonds is 9. The van der Waals surface area contributed by atoms with Gasteiger partial charge in [0.1, 0.15) is 18.0 Å². The van der Waals surface area contributed by atoms with Crippen LogP contribution in [0.1, 0.15) is 25.3 Å². The normalized spacial score (nSPS) is 15.8. The Bertz CT molecular complexity index is 1370. The van der Waals surface area contributed by atoms with E-state index in [1.807, 2.05) is 38.3 Å². The first-order valence-corrected chi connectivity index (χ1v) is 12.9. The number of benzene rings is 2. The number of nitrogens with zero attached hydrogens (tertiary/aromatic N) is 3. The first kappa shape index (κ1) is 27.4. The lowest BCUT2D eigenvalue weighted by atomic mass is 10.0. The van der Waals surface area contributed by atoms with Crippen LogP contribution >= 0.6 is 11.6 Å². The lowest BCUT2D eigenvalue weighted by Gasteiger charge is -2.31. The molecule has 1 fully saturated rings. The minimum absolute atomic E-state index is 0.0266. The van der Waals surface area contributed by atoms with Crippen molar-refractivity contribution in [3.8, 4) is 0 Å². The zero-order valence-corrected chi connectivity index (χ0v) is 22.4. The third-order valence-corrected chi connectivity index (χ3v) is 6.98. The lowest BCUT2D eigenvalue weighted by Crippen LogP contribution is -2.45. The smallest absolute Gasteiger partial charge is 0.141 e. The summed E-state index contributed by atoms with van der Waals surface area (Å²) in [4.78, 5) is 8.90. The number of aryl methyl sites for hydroxylation is 1. The molecule has 3 aromatic rings. The Kier molecular flexibility index (Phi) is 8.83. The quantitative estimate of drug-likeness (QED) is 0.145. The minimum atomic E-state index is -0.484. The number of aromatic nitrogens is 2. The molecule has 0 radical (unpaired) electrons. The first-order valence-electron chi connectivity index (χ1n) is 12.5. The SMILES string of the molecule is C=C/C(=C\C)C(Nc1cc(C)c2ncnc(Nc3ccc(F)c(Cl)c3)c2c1)/C(N)=C/N(N)C1CCNCC1. The van der Waals surface area contributed by atoms with Crippen LogP contribution in [-0.4, -0.2) is 40.2 Å². The van der Waals surface area contributed by atoms with Gasteiger partial charge in [-0.05, 0) is 81.2 Å². The second-order valence-electron chi connectivity index (χ2n) is 9.29. The van der Waals surface area contributed by atoms with Crippen molar-refractivity contribution in [3.05, 3.63) is 89.3 Å². The van der Waals surface area contributed by atoms with Crippen molar-refractivity contribution in [3.63, 3.8) is 0 Å². The van der Waals surface area contributed by atoms with E-state index in [9.17, 15) is 4.39 Å². The van der Waals surface area contributed by atoms with E-state index >= 15 is 0 Å². The van der Waals surface area contributed by atoms with Crippen LogP contribution in [0.15, 0.2) is 72.9 Å². The number of fused-ring (bicyclic) bond motifs is 1. The number of allylic oxidation sites excluding steroid dienone is 1. The summed E-state index contributed by atoms with van der Waals surface area (Å²) in [6, 6.07) is 8.27. The van der Waals surface area contributed by atoms with Gasteiger partial charge in [-0.15, -0.1) is 0 Å². The third-order valence-electron chi connectivity index (χ3n) is 6.69. The average molecular weight is 537 g/mol. The molecular formula is C28H34ClFN8. The molecule has 1 saturated heterocycles. The van der Waals surface area contributed by atoms with Crippen LogP contribution < -0.4 is 27.5 Å². The van der Waals surface area contributed by atoms with Crippen LogP contribution in [0.2, 0.25) is 5.02 Å². The summed E-state index contributed by atoms with van der Waals surface area (Å²) in [5.74, 6) is 6.48. The van der Waals surface area contributed by atoms with Crippen molar-refractivity contribution in [1.82, 2.24) is 20.3 Å². The summed E-state index contributed by atoms with van der Waals surface area (Å²) >= 11 is 5.97. The molecule has 1 aliphatic rings. The predicted octanol–water partition coefficient (Wildman–Crippen LogP) is 5.11. The Labute approximate surface area is 227 Å². The highest BCUT2D eigenvalue weighted by molar-refractivity contribution is 6.31. The maximum Gasteiger partial charge on any atom is 0.141 e. The molecule has 0 saturated carbocycles. The standard InChI is InChI=1S/C28H34ClFN8/c1-4-18(5-2)27(25(31)15-38(32)21-8-10-33-11-9-21)36-20-12-17(3)26-22(13-20)28(35-16-34-26)37-19-6-7-24(30)23(29)14-19/h4-7,12-16,21,27,33,36H,1,8-11,31-32H2,2-3H3,(H,34,35,37)/b18-5+,25-15-. The molecule has 0 aliphatic carbocycles. The molecule has 0 bridgehead atoms. The Balaban J connectivity index is 1.68. The maximum absolute atomic E-state index is 13.7. The number of halogens is 2. The number of nitrogens with two attached hydrogens (primary N) is 2. The van der Waals surface area contributed by atoms with Gasteiger partial charge in [-0.2, -0.15) is 0 Å². The number of hydrogen-bond donors (Lipinski definition) is 5. The van der Waals surface area contributed by atoms with Crippen LogP contribution in [-0.2, 0) is 0 Å². The number of nitrogens with one attached hydrogen (secondary N) is 3. The summed E-state index contributed by atoms with van der Waals surface area (Å²) in [5, 5.41) is 12.7. The second-order valence-corrected chi connectivity index (χ2v) is 9.70. The minimum Gasteiger partial charge on any atom is -0.399 e. The number of hydrogen-bond acceptors (Lipinski definition) is 8. The van der Waals surface area contributed by atoms with E-state index in [0.29, 0.717) is 17.2 Å². The number of anilines is 3. The van der Waals surface area contributed by atoms with Gasteiger partial charge in [0.25, 0.3) is 0 Å². The molecule has 8 nitrogen and oxygen atoms in total. The third kappa shape index (κ3) is 6.24. The van der Waals surface area contributed by atoms with Crippen LogP contribution in [0.4, 0.5) is 21.6 Å². The van der Waals surface area contributed by atoms with Gasteiger partial charge < -0.3 is 26.7 Å². The Hall–Kier alpha value is -3.66. The van der Waals surface area contributed by atoms with Crippen LogP contribution in [0.3, 0.4) is 0 Å². The van der Waals surface area contributed by atoms with Crippen molar-refractivity contribution < 1.29 is 4.39 Å². The van der Waals surface area contributed by atoms with E-state index in [1.165, 1.54) is 18.5 Å². The monoisotopic (exact) mass is 536 g/mol. The lowest BCUT2D eigenvalue weighted by molar-refractivity contribution is 0.228. The van der Waals surface area contributed by atoms with Gasteiger partial charge in [-0.3, -0.25) is 0 Å². The fraction of sp³-hybridized carbons (Fsp3) is 0.286. The van der Waals surface area contributed by atoms with Crippen molar-refractivity contribution >= 4 is 39.7 Å². The predicted molar refractivity (Wildman–Crippen MR) is 155 cm³/mol. The molecule has 1 aliphatic heterocycles. The van der Waals surface area contributed by atoms with Crippen LogP contribution in [0.5, 0.6) is 0 Å². The number of hydrazine groups is 1. The highest BCUT2D eigenvalue weighted by Crippen LogP contribution is 2.31. The van der Waals surface area contributed by atoms with E-state index < -0.39 is 5.82 Å². The molecular weight excluding hydrogens is 503 g/mol. The molecule has 2 heterocycles. The molecule has 38 heavy (non-hydrogen) atoms. The second kappa shape index (κ2) is 12.3. The van der Waals surface area contributed by atoms with Gasteiger partial charge in [0, 0.05) is 29.0 Å². The first-order chi connectivity index (χ1) is 18.3. The summed E-state index contributed by atoms with van der Waals surface area (Å²) in [6.07, 6.45) is 8.96. The van der Waals surface area contributed by atoms with E-state index in [0.717, 1.165) is 53.7 Å². The topological polar surface area (TPSA) is 117 Å². The molecule has 1 atom stereocenters. The Morgan fingerprint density at radius 1 is 1.24 bits per heavy atom. The van der Waals surface area contributed by atoms with E-state index in [4.69, 9.17) is 23.2 Å². The Morgan fingerprint density at radius 3 is 2.68 bits per heavy atom. The van der Waals surface area contributed by atoms with Gasteiger partial charge in [-0.25, -0.2) is 20.2 Å². The largest absolute Gasteiger partial charge is 0.399 e. The molecule has 0 amide bonds. The summed E-state index contributed by atoms with van der Waals surface area (Å²) in [6.45, 7) is 9.76. The van der Waals surface area contributed by atoms with Crippen molar-refractivity contribution in [2.24, 2.45) is 11.6 Å². The summed E-state index contributed by atoms with van der Waals surface area (Å²) in [7, 11) is 0. The van der Waals surface area contributed by atoms with Crippen molar-refractivity contribution in [1.29, 1.82) is 0 Å². The summed E-state index contributed by atoms with van der Waals surface area (Å²) < 4.78 is 13.7. The van der Waals surface area contributed by atoms with Crippen LogP contribution in [0, 0.1) is 12.7 Å². The van der Waals surface area contributed by atoms with Gasteiger partial charge >= 0.3 is 0 Å². The maximum atomic E-state index is 13.7.